The van der Waals surface area contributed by atoms with Gasteiger partial charge >= 0.3 is 0 Å². The maximum atomic E-state index is 9.19. The number of aromatic nitrogens is 1. The van der Waals surface area contributed by atoms with Gasteiger partial charge in [-0.3, -0.25) is 4.98 Å². The number of nitrogens with zero attached hydrogens (tertiary/aromatic N) is 1. The number of benzene rings is 1. The molecule has 2 rings (SSSR count). The van der Waals surface area contributed by atoms with Gasteiger partial charge in [0.05, 0.1) is 11.6 Å². The minimum Gasteiger partial charge on any atom is -0.392 e. The lowest BCUT2D eigenvalue weighted by Crippen LogP contribution is -2.24. The highest BCUT2D eigenvalue weighted by molar-refractivity contribution is 6.31. The van der Waals surface area contributed by atoms with E-state index in [1.165, 1.54) is 0 Å². The predicted octanol–water partition coefficient (Wildman–Crippen LogP) is 2.36. The zero-order valence-electron chi connectivity index (χ0n) is 9.65. The van der Waals surface area contributed by atoms with Crippen LogP contribution in [0.4, 0.5) is 0 Å². The summed E-state index contributed by atoms with van der Waals surface area (Å²) in [5, 5.41) is 14.1. The molecule has 1 unspecified atom stereocenters. The molecule has 1 atom stereocenters. The molecule has 0 amide bonds. The first kappa shape index (κ1) is 12.3. The van der Waals surface area contributed by atoms with E-state index in [2.05, 4.69) is 10.3 Å². The van der Waals surface area contributed by atoms with Crippen molar-refractivity contribution in [3.63, 3.8) is 0 Å². The molecule has 0 radical (unpaired) electrons. The minimum atomic E-state index is -0.353. The maximum absolute atomic E-state index is 9.19. The number of aliphatic hydroxyl groups is 1. The third kappa shape index (κ3) is 3.16. The van der Waals surface area contributed by atoms with Crippen LogP contribution in [0.5, 0.6) is 0 Å². The molecule has 17 heavy (non-hydrogen) atoms. The first-order valence-corrected chi connectivity index (χ1v) is 5.96. The summed E-state index contributed by atoms with van der Waals surface area (Å²) < 4.78 is 0. The first-order chi connectivity index (χ1) is 8.16. The third-order valence-corrected chi connectivity index (χ3v) is 2.72. The Balaban J connectivity index is 2.26. The molecule has 0 spiro atoms. The van der Waals surface area contributed by atoms with Crippen molar-refractivity contribution in [3.8, 4) is 0 Å². The fourth-order valence-electron chi connectivity index (χ4n) is 1.78. The zero-order chi connectivity index (χ0) is 12.3. The van der Waals surface area contributed by atoms with Crippen LogP contribution in [-0.4, -0.2) is 22.7 Å². The summed E-state index contributed by atoms with van der Waals surface area (Å²) in [4.78, 5) is 4.36. The van der Waals surface area contributed by atoms with Gasteiger partial charge in [0.2, 0.25) is 0 Å². The molecule has 1 aromatic heterocycles. The molecule has 0 aliphatic heterocycles. The van der Waals surface area contributed by atoms with E-state index < -0.39 is 0 Å². The lowest BCUT2D eigenvalue weighted by atomic mass is 10.1. The van der Waals surface area contributed by atoms with Gasteiger partial charge in [0.1, 0.15) is 0 Å². The van der Waals surface area contributed by atoms with E-state index >= 15 is 0 Å². The van der Waals surface area contributed by atoms with Gasteiger partial charge in [0.15, 0.2) is 0 Å². The van der Waals surface area contributed by atoms with Crippen LogP contribution in [0.25, 0.3) is 10.9 Å². The number of hydrogen-bond acceptors (Lipinski definition) is 3. The molecular weight excluding hydrogens is 236 g/mol. The molecule has 0 saturated heterocycles. The lowest BCUT2D eigenvalue weighted by molar-refractivity contribution is 0.191. The Morgan fingerprint density at radius 1 is 1.47 bits per heavy atom. The van der Waals surface area contributed by atoms with Crippen LogP contribution < -0.4 is 5.32 Å². The van der Waals surface area contributed by atoms with Crippen molar-refractivity contribution in [2.24, 2.45) is 0 Å². The van der Waals surface area contributed by atoms with Crippen LogP contribution in [-0.2, 0) is 6.54 Å². The molecule has 2 N–H and O–H groups in total. The quantitative estimate of drug-likeness (QED) is 0.876. The minimum absolute atomic E-state index is 0.353. The Hall–Kier alpha value is -1.16. The van der Waals surface area contributed by atoms with Gasteiger partial charge in [-0.2, -0.15) is 0 Å². The Bertz CT molecular complexity index is 514. The van der Waals surface area contributed by atoms with E-state index in [0.717, 1.165) is 16.5 Å². The van der Waals surface area contributed by atoms with E-state index in [0.29, 0.717) is 18.1 Å². The number of nitrogens with one attached hydrogen (secondary N) is 1. The molecule has 0 saturated carbocycles. The maximum Gasteiger partial charge on any atom is 0.0747 e. The molecule has 1 heterocycles. The fraction of sp³-hybridized carbons (Fsp3) is 0.308. The highest BCUT2D eigenvalue weighted by Crippen LogP contribution is 2.21. The van der Waals surface area contributed by atoms with E-state index in [9.17, 15) is 5.11 Å². The number of halogens is 1. The summed E-state index contributed by atoms with van der Waals surface area (Å²) in [5.41, 5.74) is 2.00. The summed E-state index contributed by atoms with van der Waals surface area (Å²) >= 11 is 6.06. The average Bonchev–Trinajstić information content (AvgIpc) is 2.28. The highest BCUT2D eigenvalue weighted by atomic mass is 35.5. The summed E-state index contributed by atoms with van der Waals surface area (Å²) in [6.07, 6.45) is 1.42. The third-order valence-electron chi connectivity index (χ3n) is 2.50. The standard InChI is InChI=1S/C13H15ClN2O/c1-9(17)7-15-8-11-6-12(14)5-10-3-2-4-16-13(10)11/h2-6,9,15,17H,7-8H2,1H3. The number of pyridine rings is 1. The van der Waals surface area contributed by atoms with Crippen LogP contribution in [0, 0.1) is 0 Å². The smallest absolute Gasteiger partial charge is 0.0747 e. The molecule has 0 aliphatic rings. The fourth-order valence-corrected chi connectivity index (χ4v) is 2.03. The second kappa shape index (κ2) is 5.45. The van der Waals surface area contributed by atoms with Crippen LogP contribution in [0.15, 0.2) is 30.5 Å². The Kier molecular flexibility index (Phi) is 3.94. The summed E-state index contributed by atoms with van der Waals surface area (Å²) in [6.45, 7) is 2.96. The Morgan fingerprint density at radius 2 is 2.29 bits per heavy atom. The largest absolute Gasteiger partial charge is 0.392 e. The van der Waals surface area contributed by atoms with Gasteiger partial charge in [0.25, 0.3) is 0 Å². The zero-order valence-corrected chi connectivity index (χ0v) is 10.4. The summed E-state index contributed by atoms with van der Waals surface area (Å²) in [6, 6.07) is 7.70. The predicted molar refractivity (Wildman–Crippen MR) is 70.1 cm³/mol. The van der Waals surface area contributed by atoms with Gasteiger partial charge in [0, 0.05) is 29.7 Å². The van der Waals surface area contributed by atoms with Crippen molar-refractivity contribution < 1.29 is 5.11 Å². The van der Waals surface area contributed by atoms with E-state index in [-0.39, 0.29) is 6.10 Å². The van der Waals surface area contributed by atoms with Crippen LogP contribution in [0.2, 0.25) is 5.02 Å². The van der Waals surface area contributed by atoms with Gasteiger partial charge < -0.3 is 10.4 Å². The normalized spacial score (nSPS) is 12.9. The second-order valence-electron chi connectivity index (χ2n) is 4.12. The van der Waals surface area contributed by atoms with Crippen molar-refractivity contribution >= 4 is 22.5 Å². The molecule has 90 valence electrons. The highest BCUT2D eigenvalue weighted by Gasteiger charge is 2.04. The van der Waals surface area contributed by atoms with Crippen molar-refractivity contribution in [1.29, 1.82) is 0 Å². The van der Waals surface area contributed by atoms with E-state index in [1.54, 1.807) is 13.1 Å². The van der Waals surface area contributed by atoms with Crippen LogP contribution in [0.1, 0.15) is 12.5 Å². The number of rotatable bonds is 4. The van der Waals surface area contributed by atoms with E-state index in [4.69, 9.17) is 11.6 Å². The summed E-state index contributed by atoms with van der Waals surface area (Å²) in [5.74, 6) is 0. The topological polar surface area (TPSA) is 45.1 Å². The SMILES string of the molecule is CC(O)CNCc1cc(Cl)cc2cccnc12. The van der Waals surface area contributed by atoms with E-state index in [1.807, 2.05) is 24.3 Å². The van der Waals surface area contributed by atoms with Gasteiger partial charge in [-0.15, -0.1) is 0 Å². The van der Waals surface area contributed by atoms with Crippen molar-refractivity contribution in [1.82, 2.24) is 10.3 Å². The second-order valence-corrected chi connectivity index (χ2v) is 4.56. The van der Waals surface area contributed by atoms with Gasteiger partial charge in [-0.05, 0) is 30.7 Å². The first-order valence-electron chi connectivity index (χ1n) is 5.59. The van der Waals surface area contributed by atoms with Crippen molar-refractivity contribution in [2.45, 2.75) is 19.6 Å². The number of fused-ring (bicyclic) bond motifs is 1. The van der Waals surface area contributed by atoms with Gasteiger partial charge in [-0.1, -0.05) is 17.7 Å². The summed E-state index contributed by atoms with van der Waals surface area (Å²) in [7, 11) is 0. The van der Waals surface area contributed by atoms with Crippen molar-refractivity contribution in [3.05, 3.63) is 41.0 Å². The number of aliphatic hydroxyl groups excluding tert-OH is 1. The molecule has 0 aliphatic carbocycles. The van der Waals surface area contributed by atoms with Gasteiger partial charge in [-0.25, -0.2) is 0 Å². The van der Waals surface area contributed by atoms with Crippen molar-refractivity contribution in [2.75, 3.05) is 6.54 Å². The lowest BCUT2D eigenvalue weighted by Gasteiger charge is -2.09. The molecule has 0 fully saturated rings. The molecule has 3 nitrogen and oxygen atoms in total. The monoisotopic (exact) mass is 250 g/mol. The Labute approximate surface area is 105 Å². The van der Waals surface area contributed by atoms with Crippen LogP contribution >= 0.6 is 11.6 Å². The molecule has 0 bridgehead atoms. The molecular formula is C13H15ClN2O. The molecule has 1 aromatic carbocycles. The van der Waals surface area contributed by atoms with Crippen LogP contribution in [0.3, 0.4) is 0 Å². The molecule has 2 aromatic rings. The molecule has 4 heteroatoms. The Morgan fingerprint density at radius 3 is 3.06 bits per heavy atom. The average molecular weight is 251 g/mol. The number of hydrogen-bond donors (Lipinski definition) is 2.